The number of benzene rings is 1. The smallest absolute Gasteiger partial charge is 0.216 e. The number of halogens is 1. The standard InChI is InChI=1S/C16H23BBrNO3/c1-16(2,3)22-10-14(17)15(21)19-13(9-20)8-11-4-6-12(18)7-5-11/h4-7,13-14,20H,8-10H2,1-3H3,(H,19,21)/t13?,14-/m1/s1. The average Bonchev–Trinajstić information content (AvgIpc) is 2.45. The quantitative estimate of drug-likeness (QED) is 0.726. The van der Waals surface area contributed by atoms with Crippen LogP contribution in [0, 0.1) is 0 Å². The highest BCUT2D eigenvalue weighted by molar-refractivity contribution is 9.10. The van der Waals surface area contributed by atoms with Gasteiger partial charge in [0, 0.05) is 10.3 Å². The summed E-state index contributed by atoms with van der Waals surface area (Å²) in [7, 11) is 5.82. The number of rotatable bonds is 7. The lowest BCUT2D eigenvalue weighted by Gasteiger charge is -2.24. The van der Waals surface area contributed by atoms with E-state index in [0.29, 0.717) is 6.42 Å². The molecule has 22 heavy (non-hydrogen) atoms. The van der Waals surface area contributed by atoms with E-state index in [4.69, 9.17) is 12.6 Å². The maximum atomic E-state index is 12.0. The zero-order chi connectivity index (χ0) is 16.8. The summed E-state index contributed by atoms with van der Waals surface area (Å²) in [4.78, 5) is 12.0. The lowest BCUT2D eigenvalue weighted by molar-refractivity contribution is -0.124. The molecular formula is C16H23BBrNO3. The highest BCUT2D eigenvalue weighted by Gasteiger charge is 2.20. The number of ether oxygens (including phenoxy) is 1. The molecule has 120 valence electrons. The maximum absolute atomic E-state index is 12.0. The van der Waals surface area contributed by atoms with Crippen LogP contribution in [0.1, 0.15) is 26.3 Å². The minimum atomic E-state index is -0.752. The second kappa shape index (κ2) is 8.70. The summed E-state index contributed by atoms with van der Waals surface area (Å²) in [5, 5.41) is 12.2. The maximum Gasteiger partial charge on any atom is 0.216 e. The summed E-state index contributed by atoms with van der Waals surface area (Å²) in [6.07, 6.45) is 0.544. The number of carbonyl (C=O) groups excluding carboxylic acids is 1. The molecule has 1 rings (SSSR count). The van der Waals surface area contributed by atoms with E-state index in [1.165, 1.54) is 0 Å². The third-order valence-electron chi connectivity index (χ3n) is 2.99. The molecule has 1 unspecified atom stereocenters. The summed E-state index contributed by atoms with van der Waals surface area (Å²) < 4.78 is 6.49. The lowest BCUT2D eigenvalue weighted by Crippen LogP contribution is -2.42. The fourth-order valence-corrected chi connectivity index (χ4v) is 2.05. The Kier molecular flexibility index (Phi) is 7.59. The SMILES string of the molecule is [B][C@H](COC(C)(C)C)C(=O)NC(CO)Cc1ccc(Br)cc1. The van der Waals surface area contributed by atoms with Crippen molar-refractivity contribution in [3.63, 3.8) is 0 Å². The number of hydrogen-bond donors (Lipinski definition) is 2. The van der Waals surface area contributed by atoms with E-state index >= 15 is 0 Å². The topological polar surface area (TPSA) is 58.6 Å². The predicted molar refractivity (Wildman–Crippen MR) is 92.1 cm³/mol. The van der Waals surface area contributed by atoms with Gasteiger partial charge in [-0.25, -0.2) is 0 Å². The van der Waals surface area contributed by atoms with Gasteiger partial charge in [-0.3, -0.25) is 4.79 Å². The number of carbonyl (C=O) groups is 1. The van der Waals surface area contributed by atoms with Crippen molar-refractivity contribution in [1.29, 1.82) is 0 Å². The van der Waals surface area contributed by atoms with E-state index in [1.807, 2.05) is 45.0 Å². The molecule has 0 saturated carbocycles. The van der Waals surface area contributed by atoms with Crippen LogP contribution in [-0.4, -0.2) is 43.7 Å². The van der Waals surface area contributed by atoms with E-state index in [9.17, 15) is 9.90 Å². The zero-order valence-corrected chi connectivity index (χ0v) is 14.9. The molecule has 1 aromatic carbocycles. The van der Waals surface area contributed by atoms with Gasteiger partial charge in [0.25, 0.3) is 0 Å². The zero-order valence-electron chi connectivity index (χ0n) is 13.3. The predicted octanol–water partition coefficient (Wildman–Crippen LogP) is 2.24. The highest BCUT2D eigenvalue weighted by atomic mass is 79.9. The Labute approximate surface area is 142 Å². The van der Waals surface area contributed by atoms with Gasteiger partial charge < -0.3 is 15.2 Å². The Hall–Kier alpha value is -0.845. The van der Waals surface area contributed by atoms with E-state index in [1.54, 1.807) is 0 Å². The molecule has 2 atom stereocenters. The van der Waals surface area contributed by atoms with Crippen molar-refractivity contribution in [1.82, 2.24) is 5.32 Å². The van der Waals surface area contributed by atoms with Crippen LogP contribution in [0.4, 0.5) is 0 Å². The molecule has 0 aromatic heterocycles. The first kappa shape index (κ1) is 19.2. The molecule has 0 fully saturated rings. The third-order valence-corrected chi connectivity index (χ3v) is 3.52. The first-order valence-electron chi connectivity index (χ1n) is 7.26. The van der Waals surface area contributed by atoms with Crippen molar-refractivity contribution in [3.05, 3.63) is 34.3 Å². The van der Waals surface area contributed by atoms with Gasteiger partial charge in [0.2, 0.25) is 5.91 Å². The molecule has 0 spiro atoms. The fourth-order valence-electron chi connectivity index (χ4n) is 1.79. The van der Waals surface area contributed by atoms with Gasteiger partial charge in [-0.2, -0.15) is 0 Å². The number of amides is 1. The Balaban J connectivity index is 2.50. The first-order chi connectivity index (χ1) is 10.2. The van der Waals surface area contributed by atoms with E-state index in [-0.39, 0.29) is 30.8 Å². The molecule has 0 bridgehead atoms. The largest absolute Gasteiger partial charge is 0.394 e. The van der Waals surface area contributed by atoms with Crippen LogP contribution < -0.4 is 5.32 Å². The van der Waals surface area contributed by atoms with Crippen molar-refractivity contribution in [2.24, 2.45) is 0 Å². The molecule has 2 N–H and O–H groups in total. The van der Waals surface area contributed by atoms with Gasteiger partial charge in [0.1, 0.15) is 0 Å². The van der Waals surface area contributed by atoms with Crippen LogP contribution in [0.15, 0.2) is 28.7 Å². The van der Waals surface area contributed by atoms with Crippen molar-refractivity contribution < 1.29 is 14.6 Å². The summed E-state index contributed by atoms with van der Waals surface area (Å²) in [5.41, 5.74) is 0.688. The van der Waals surface area contributed by atoms with Gasteiger partial charge in [0.15, 0.2) is 0 Å². The number of hydrogen-bond acceptors (Lipinski definition) is 3. The van der Waals surface area contributed by atoms with Crippen LogP contribution >= 0.6 is 15.9 Å². The minimum absolute atomic E-state index is 0.144. The van der Waals surface area contributed by atoms with Crippen LogP contribution in [0.25, 0.3) is 0 Å². The molecule has 6 heteroatoms. The fraction of sp³-hybridized carbons (Fsp3) is 0.562. The Morgan fingerprint density at radius 2 is 1.95 bits per heavy atom. The Morgan fingerprint density at radius 3 is 2.45 bits per heavy atom. The second-order valence-corrected chi connectivity index (χ2v) is 7.16. The molecule has 0 aliphatic heterocycles. The molecule has 0 saturated heterocycles. The van der Waals surface area contributed by atoms with E-state index < -0.39 is 5.82 Å². The summed E-state index contributed by atoms with van der Waals surface area (Å²) in [6.45, 7) is 5.71. The monoisotopic (exact) mass is 367 g/mol. The van der Waals surface area contributed by atoms with Gasteiger partial charge in [0.05, 0.1) is 32.7 Å². The summed E-state index contributed by atoms with van der Waals surface area (Å²) >= 11 is 3.37. The van der Waals surface area contributed by atoms with Crippen LogP contribution in [-0.2, 0) is 16.0 Å². The van der Waals surface area contributed by atoms with Gasteiger partial charge in [-0.15, -0.1) is 0 Å². The molecule has 0 aliphatic rings. The first-order valence-corrected chi connectivity index (χ1v) is 8.06. The van der Waals surface area contributed by atoms with Crippen molar-refractivity contribution in [2.45, 2.75) is 44.7 Å². The highest BCUT2D eigenvalue weighted by Crippen LogP contribution is 2.13. The molecule has 0 aliphatic carbocycles. The van der Waals surface area contributed by atoms with Crippen molar-refractivity contribution in [2.75, 3.05) is 13.2 Å². The molecule has 1 amide bonds. The van der Waals surface area contributed by atoms with Crippen molar-refractivity contribution >= 4 is 29.7 Å². The average molecular weight is 368 g/mol. The number of aliphatic hydroxyl groups excluding tert-OH is 1. The molecular weight excluding hydrogens is 345 g/mol. The van der Waals surface area contributed by atoms with Crippen molar-refractivity contribution in [3.8, 4) is 0 Å². The molecule has 1 aromatic rings. The molecule has 2 radical (unpaired) electrons. The van der Waals surface area contributed by atoms with Crippen LogP contribution in [0.2, 0.25) is 5.82 Å². The van der Waals surface area contributed by atoms with Gasteiger partial charge >= 0.3 is 0 Å². The van der Waals surface area contributed by atoms with E-state index in [2.05, 4.69) is 21.2 Å². The minimum Gasteiger partial charge on any atom is -0.394 e. The Morgan fingerprint density at radius 1 is 1.36 bits per heavy atom. The summed E-state index contributed by atoms with van der Waals surface area (Å²) in [6, 6.07) is 7.38. The lowest BCUT2D eigenvalue weighted by atomic mass is 9.87. The number of aliphatic hydroxyl groups is 1. The van der Waals surface area contributed by atoms with Crippen LogP contribution in [0.5, 0.6) is 0 Å². The second-order valence-electron chi connectivity index (χ2n) is 6.25. The Bertz CT molecular complexity index is 473. The van der Waals surface area contributed by atoms with Crippen LogP contribution in [0.3, 0.4) is 0 Å². The normalized spacial score (nSPS) is 14.4. The molecule has 0 heterocycles. The molecule has 4 nitrogen and oxygen atoms in total. The van der Waals surface area contributed by atoms with E-state index in [0.717, 1.165) is 10.0 Å². The summed E-state index contributed by atoms with van der Waals surface area (Å²) in [5.74, 6) is -1.07. The van der Waals surface area contributed by atoms with Gasteiger partial charge in [-0.05, 0) is 44.9 Å². The number of nitrogens with one attached hydrogen (secondary N) is 1. The third kappa shape index (κ3) is 7.43. The van der Waals surface area contributed by atoms with Gasteiger partial charge in [-0.1, -0.05) is 28.1 Å².